The Kier molecular flexibility index (Phi) is 6.80. The normalized spacial score (nSPS) is 12.9. The minimum absolute atomic E-state index is 0.797. The molecule has 5 nitrogen and oxygen atoms in total. The Labute approximate surface area is 204 Å². The van der Waals surface area contributed by atoms with Gasteiger partial charge in [0.05, 0.1) is 16.9 Å². The fourth-order valence-corrected chi connectivity index (χ4v) is 4.58. The maximum Gasteiger partial charge on any atom is 0.135 e. The summed E-state index contributed by atoms with van der Waals surface area (Å²) >= 11 is 1.68. The predicted molar refractivity (Wildman–Crippen MR) is 146 cm³/mol. The Hall–Kier alpha value is -3.90. The van der Waals surface area contributed by atoms with Gasteiger partial charge in [-0.1, -0.05) is 31.4 Å². The van der Waals surface area contributed by atoms with Gasteiger partial charge < -0.3 is 9.88 Å². The third-order valence-corrected chi connectivity index (χ3v) is 6.40. The molecule has 4 rings (SSSR count). The quantitative estimate of drug-likeness (QED) is 0.275. The number of thiophene rings is 1. The molecule has 0 aromatic carbocycles. The van der Waals surface area contributed by atoms with Crippen LogP contribution in [0.2, 0.25) is 0 Å². The molecule has 6 heteroatoms. The SMILES string of the molecule is C=C/C=C(/c1ccsc1)c1cc(-c2n[nH]c3ccc(C(=C/C)/C=C(\C=C)N(C)C)nc23)[nH]c1C. The molecule has 4 aromatic heterocycles. The highest BCUT2D eigenvalue weighted by Crippen LogP contribution is 2.33. The van der Waals surface area contributed by atoms with E-state index in [0.717, 1.165) is 56.2 Å². The van der Waals surface area contributed by atoms with Crippen LogP contribution in [-0.4, -0.2) is 39.2 Å². The zero-order valence-electron chi connectivity index (χ0n) is 20.0. The molecule has 0 aliphatic rings. The Morgan fingerprint density at radius 3 is 2.65 bits per heavy atom. The maximum atomic E-state index is 4.99. The minimum Gasteiger partial charge on any atom is -0.378 e. The van der Waals surface area contributed by atoms with Crippen LogP contribution in [-0.2, 0) is 0 Å². The minimum atomic E-state index is 0.797. The second-order valence-electron chi connectivity index (χ2n) is 8.13. The molecule has 4 heterocycles. The average Bonchev–Trinajstić information content (AvgIpc) is 3.58. The summed E-state index contributed by atoms with van der Waals surface area (Å²) in [6.45, 7) is 11.9. The van der Waals surface area contributed by atoms with Crippen molar-refractivity contribution in [2.45, 2.75) is 13.8 Å². The van der Waals surface area contributed by atoms with Crippen molar-refractivity contribution < 1.29 is 0 Å². The van der Waals surface area contributed by atoms with E-state index in [0.29, 0.717) is 0 Å². The van der Waals surface area contributed by atoms with Crippen LogP contribution in [0.3, 0.4) is 0 Å². The van der Waals surface area contributed by atoms with E-state index >= 15 is 0 Å². The topological polar surface area (TPSA) is 60.6 Å². The van der Waals surface area contributed by atoms with Crippen LogP contribution in [0.4, 0.5) is 0 Å². The fourth-order valence-electron chi connectivity index (χ4n) is 3.93. The van der Waals surface area contributed by atoms with Gasteiger partial charge in [0, 0.05) is 31.0 Å². The first-order valence-electron chi connectivity index (χ1n) is 11.1. The van der Waals surface area contributed by atoms with Gasteiger partial charge in [-0.15, -0.1) is 0 Å². The molecule has 0 bridgehead atoms. The number of nitrogens with one attached hydrogen (secondary N) is 2. The number of aromatic nitrogens is 4. The summed E-state index contributed by atoms with van der Waals surface area (Å²) in [6, 6.07) is 8.31. The van der Waals surface area contributed by atoms with Gasteiger partial charge in [0.25, 0.3) is 0 Å². The molecule has 4 aromatic rings. The summed E-state index contributed by atoms with van der Waals surface area (Å²) in [4.78, 5) is 10.5. The standard InChI is InChI=1S/C28H29N5S/c1-7-10-22(20-13-14-34-17-20)23-16-26(29-18(23)4)28-27-25(31-32-28)12-11-24(30-27)19(8-2)15-21(9-3)33(5)6/h7-17,29H,1,3H2,2,4-6H3,(H,31,32)/b19-8+,21-15+,22-10-. The number of aryl methyl sites for hydroxylation is 1. The van der Waals surface area contributed by atoms with Crippen molar-refractivity contribution in [2.75, 3.05) is 14.1 Å². The Bertz CT molecular complexity index is 1420. The summed E-state index contributed by atoms with van der Waals surface area (Å²) < 4.78 is 0. The van der Waals surface area contributed by atoms with Gasteiger partial charge >= 0.3 is 0 Å². The lowest BCUT2D eigenvalue weighted by atomic mass is 10.00. The first-order chi connectivity index (χ1) is 16.5. The highest BCUT2D eigenvalue weighted by atomic mass is 32.1. The van der Waals surface area contributed by atoms with Crippen molar-refractivity contribution in [3.63, 3.8) is 0 Å². The van der Waals surface area contributed by atoms with E-state index in [1.807, 2.05) is 56.3 Å². The summed E-state index contributed by atoms with van der Waals surface area (Å²) in [5, 5.41) is 12.0. The Morgan fingerprint density at radius 1 is 1.18 bits per heavy atom. The fraction of sp³-hybridized carbons (Fsp3) is 0.143. The van der Waals surface area contributed by atoms with Gasteiger partial charge in [0.15, 0.2) is 0 Å². The molecule has 0 spiro atoms. The van der Waals surface area contributed by atoms with Gasteiger partial charge in [0.1, 0.15) is 11.2 Å². The second kappa shape index (κ2) is 9.93. The molecule has 0 atom stereocenters. The first kappa shape index (κ1) is 23.3. The summed E-state index contributed by atoms with van der Waals surface area (Å²) in [5.74, 6) is 0. The van der Waals surface area contributed by atoms with E-state index < -0.39 is 0 Å². The van der Waals surface area contributed by atoms with Crippen LogP contribution in [0, 0.1) is 6.92 Å². The molecular weight excluding hydrogens is 438 g/mol. The van der Waals surface area contributed by atoms with Gasteiger partial charge in [-0.2, -0.15) is 16.4 Å². The maximum absolute atomic E-state index is 4.99. The van der Waals surface area contributed by atoms with E-state index in [-0.39, 0.29) is 0 Å². The third kappa shape index (κ3) is 4.45. The molecule has 0 saturated heterocycles. The highest BCUT2D eigenvalue weighted by molar-refractivity contribution is 7.08. The zero-order valence-corrected chi connectivity index (χ0v) is 20.8. The lowest BCUT2D eigenvalue weighted by molar-refractivity contribution is 0.530. The monoisotopic (exact) mass is 467 g/mol. The average molecular weight is 468 g/mol. The first-order valence-corrected chi connectivity index (χ1v) is 12.0. The number of likely N-dealkylation sites (N-methyl/N-ethyl adjacent to an activating group) is 1. The summed E-state index contributed by atoms with van der Waals surface area (Å²) in [7, 11) is 4.00. The molecule has 0 aliphatic heterocycles. The van der Waals surface area contributed by atoms with E-state index in [1.165, 1.54) is 5.56 Å². The summed E-state index contributed by atoms with van der Waals surface area (Å²) in [6.07, 6.45) is 9.87. The van der Waals surface area contributed by atoms with Crippen molar-refractivity contribution in [1.29, 1.82) is 0 Å². The van der Waals surface area contributed by atoms with Crippen molar-refractivity contribution >= 4 is 33.5 Å². The van der Waals surface area contributed by atoms with Crippen molar-refractivity contribution in [1.82, 2.24) is 25.1 Å². The third-order valence-electron chi connectivity index (χ3n) is 5.72. The number of hydrogen-bond acceptors (Lipinski definition) is 4. The number of fused-ring (bicyclic) bond motifs is 1. The number of aromatic amines is 2. The Balaban J connectivity index is 1.80. The predicted octanol–water partition coefficient (Wildman–Crippen LogP) is 6.98. The van der Waals surface area contributed by atoms with Crippen LogP contribution in [0.1, 0.15) is 29.4 Å². The van der Waals surface area contributed by atoms with Gasteiger partial charge in [0.2, 0.25) is 0 Å². The van der Waals surface area contributed by atoms with Crippen LogP contribution >= 0.6 is 11.3 Å². The second-order valence-corrected chi connectivity index (χ2v) is 8.91. The molecule has 0 unspecified atom stereocenters. The number of nitrogens with zero attached hydrogens (tertiary/aromatic N) is 3. The molecule has 172 valence electrons. The largest absolute Gasteiger partial charge is 0.378 e. The lowest BCUT2D eigenvalue weighted by Gasteiger charge is -2.14. The van der Waals surface area contributed by atoms with Gasteiger partial charge in [-0.05, 0) is 77.7 Å². The number of allylic oxidation sites excluding steroid dienone is 6. The van der Waals surface area contributed by atoms with Crippen molar-refractivity contribution in [3.05, 3.63) is 107 Å². The highest BCUT2D eigenvalue weighted by Gasteiger charge is 2.17. The molecule has 0 saturated carbocycles. The number of H-pyrrole nitrogens is 2. The van der Waals surface area contributed by atoms with Gasteiger partial charge in [-0.3, -0.25) is 5.10 Å². The van der Waals surface area contributed by atoms with Crippen molar-refractivity contribution in [3.8, 4) is 11.4 Å². The molecule has 0 aliphatic carbocycles. The number of hydrogen-bond donors (Lipinski definition) is 2. The van der Waals surface area contributed by atoms with E-state index in [9.17, 15) is 0 Å². The zero-order chi connectivity index (χ0) is 24.2. The summed E-state index contributed by atoms with van der Waals surface area (Å²) in [5.41, 5.74) is 10.9. The van der Waals surface area contributed by atoms with Crippen LogP contribution < -0.4 is 0 Å². The van der Waals surface area contributed by atoms with E-state index in [4.69, 9.17) is 4.98 Å². The molecule has 2 N–H and O–H groups in total. The smallest absolute Gasteiger partial charge is 0.135 e. The molecular formula is C28H29N5S. The van der Waals surface area contributed by atoms with Crippen LogP contribution in [0.15, 0.2) is 84.3 Å². The number of pyridine rings is 1. The Morgan fingerprint density at radius 2 is 2.00 bits per heavy atom. The van der Waals surface area contributed by atoms with Crippen LogP contribution in [0.5, 0.6) is 0 Å². The van der Waals surface area contributed by atoms with Gasteiger partial charge in [-0.25, -0.2) is 4.98 Å². The van der Waals surface area contributed by atoms with E-state index in [2.05, 4.69) is 70.3 Å². The lowest BCUT2D eigenvalue weighted by Crippen LogP contribution is -2.09. The molecule has 34 heavy (non-hydrogen) atoms. The van der Waals surface area contributed by atoms with E-state index in [1.54, 1.807) is 11.3 Å². The van der Waals surface area contributed by atoms with Crippen LogP contribution in [0.25, 0.3) is 33.6 Å². The van der Waals surface area contributed by atoms with Crippen molar-refractivity contribution in [2.24, 2.45) is 0 Å². The molecule has 0 fully saturated rings. The molecule has 0 amide bonds. The number of rotatable bonds is 8. The molecule has 0 radical (unpaired) electrons.